The van der Waals surface area contributed by atoms with Crippen LogP contribution in [0.15, 0.2) is 66.7 Å². The lowest BCUT2D eigenvalue weighted by Crippen LogP contribution is -2.33. The average molecular weight is 344 g/mol. The Bertz CT molecular complexity index is 905. The third-order valence-electron chi connectivity index (χ3n) is 4.92. The van der Waals surface area contributed by atoms with E-state index >= 15 is 0 Å². The van der Waals surface area contributed by atoms with Gasteiger partial charge in [-0.15, -0.1) is 0 Å². The molecule has 0 bridgehead atoms. The second-order valence-corrected chi connectivity index (χ2v) is 6.87. The second kappa shape index (κ2) is 6.81. The molecule has 1 aliphatic rings. The lowest BCUT2D eigenvalue weighted by atomic mass is 10.0. The van der Waals surface area contributed by atoms with Gasteiger partial charge in [-0.05, 0) is 43.7 Å². The average Bonchev–Trinajstić information content (AvgIpc) is 3.07. The zero-order valence-electron chi connectivity index (χ0n) is 15.3. The molecule has 0 spiro atoms. The first-order chi connectivity index (χ1) is 12.7. The van der Waals surface area contributed by atoms with Crippen LogP contribution in [-0.4, -0.2) is 17.7 Å². The molecule has 2 heterocycles. The molecule has 1 aliphatic heterocycles. The second-order valence-electron chi connectivity index (χ2n) is 6.87. The van der Waals surface area contributed by atoms with E-state index in [1.807, 2.05) is 18.2 Å². The molecule has 4 nitrogen and oxygen atoms in total. The maximum absolute atomic E-state index is 5.93. The molecule has 4 rings (SSSR count). The van der Waals surface area contributed by atoms with E-state index in [1.165, 1.54) is 5.69 Å². The molecule has 132 valence electrons. The maximum atomic E-state index is 5.93. The predicted molar refractivity (Wildman–Crippen MR) is 109 cm³/mol. The van der Waals surface area contributed by atoms with Crippen LogP contribution in [0.4, 0.5) is 17.2 Å². The van der Waals surface area contributed by atoms with Gasteiger partial charge in [-0.3, -0.25) is 0 Å². The Labute approximate surface area is 154 Å². The fourth-order valence-electron chi connectivity index (χ4n) is 3.51. The van der Waals surface area contributed by atoms with Crippen molar-refractivity contribution in [2.45, 2.75) is 26.4 Å². The summed E-state index contributed by atoms with van der Waals surface area (Å²) in [5.41, 5.74) is 11.5. The lowest BCUT2D eigenvalue weighted by Gasteiger charge is -2.24. The molecule has 2 N–H and O–H groups in total. The Morgan fingerprint density at radius 2 is 1.69 bits per heavy atom. The number of fused-ring (bicyclic) bond motifs is 1. The van der Waals surface area contributed by atoms with Gasteiger partial charge in [-0.1, -0.05) is 42.5 Å². The van der Waals surface area contributed by atoms with Crippen LogP contribution in [0, 0.1) is 0 Å². The first-order valence-corrected chi connectivity index (χ1v) is 9.07. The molecule has 0 radical (unpaired) electrons. The minimum absolute atomic E-state index is 0.409. The number of benzene rings is 2. The van der Waals surface area contributed by atoms with E-state index in [0.29, 0.717) is 12.6 Å². The number of nitrogens with two attached hydrogens (primary N) is 1. The summed E-state index contributed by atoms with van der Waals surface area (Å²) in [5.74, 6) is 1.01. The maximum Gasteiger partial charge on any atom is 0.158 e. The zero-order chi connectivity index (χ0) is 18.1. The van der Waals surface area contributed by atoms with Gasteiger partial charge in [0.15, 0.2) is 5.82 Å². The van der Waals surface area contributed by atoms with Crippen LogP contribution < -0.4 is 15.5 Å². The quantitative estimate of drug-likeness (QED) is 0.755. The Morgan fingerprint density at radius 3 is 2.42 bits per heavy atom. The molecule has 1 aromatic heterocycles. The van der Waals surface area contributed by atoms with E-state index in [0.717, 1.165) is 35.0 Å². The van der Waals surface area contributed by atoms with Crippen molar-refractivity contribution >= 4 is 17.2 Å². The molecule has 0 amide bonds. The summed E-state index contributed by atoms with van der Waals surface area (Å²) in [6.45, 7) is 5.76. The van der Waals surface area contributed by atoms with Gasteiger partial charge in [0.2, 0.25) is 0 Å². The van der Waals surface area contributed by atoms with Gasteiger partial charge in [-0.2, -0.15) is 0 Å². The fraction of sp³-hybridized carbons (Fsp3) is 0.227. The van der Waals surface area contributed by atoms with Gasteiger partial charge in [0.1, 0.15) is 0 Å². The largest absolute Gasteiger partial charge is 0.348 e. The number of nitrogens with zero attached hydrogens (tertiary/aromatic N) is 3. The molecule has 0 saturated heterocycles. The lowest BCUT2D eigenvalue weighted by molar-refractivity contribution is 0.709. The van der Waals surface area contributed by atoms with Gasteiger partial charge in [0.25, 0.3) is 0 Å². The minimum Gasteiger partial charge on any atom is -0.348 e. The minimum atomic E-state index is 0.409. The molecular formula is C22H24N4. The molecule has 26 heavy (non-hydrogen) atoms. The molecule has 0 aliphatic carbocycles. The summed E-state index contributed by atoms with van der Waals surface area (Å²) in [5, 5.41) is 0. The van der Waals surface area contributed by atoms with E-state index < -0.39 is 0 Å². The highest BCUT2D eigenvalue weighted by Gasteiger charge is 2.30. The highest BCUT2D eigenvalue weighted by Crippen LogP contribution is 2.41. The first-order valence-electron chi connectivity index (χ1n) is 9.07. The number of pyridine rings is 1. The summed E-state index contributed by atoms with van der Waals surface area (Å²) in [7, 11) is 0. The van der Waals surface area contributed by atoms with Crippen LogP contribution in [0.25, 0.3) is 11.3 Å². The third-order valence-corrected chi connectivity index (χ3v) is 4.92. The standard InChI is InChI=1S/C22H24N4/c1-16(2)25-15-26(18-9-4-3-5-10-18)22-21(25)13-12-20(24-22)19-11-7-6-8-17(19)14-23/h3-13,16H,14-15,23H2,1-2H3. The monoisotopic (exact) mass is 344 g/mol. The van der Waals surface area contributed by atoms with Gasteiger partial charge in [-0.25, -0.2) is 4.98 Å². The van der Waals surface area contributed by atoms with Crippen molar-refractivity contribution in [3.63, 3.8) is 0 Å². The summed E-state index contributed by atoms with van der Waals surface area (Å²) in [6, 6.07) is 23.4. The van der Waals surface area contributed by atoms with Crippen molar-refractivity contribution < 1.29 is 0 Å². The molecule has 0 atom stereocenters. The third kappa shape index (κ3) is 2.82. The van der Waals surface area contributed by atoms with E-state index in [4.69, 9.17) is 10.7 Å². The van der Waals surface area contributed by atoms with Crippen LogP contribution >= 0.6 is 0 Å². The van der Waals surface area contributed by atoms with Crippen LogP contribution in [0.2, 0.25) is 0 Å². The van der Waals surface area contributed by atoms with Crippen molar-refractivity contribution in [1.29, 1.82) is 0 Å². The van der Waals surface area contributed by atoms with Gasteiger partial charge < -0.3 is 15.5 Å². The number of anilines is 3. The van der Waals surface area contributed by atoms with Gasteiger partial charge >= 0.3 is 0 Å². The number of rotatable bonds is 4. The number of hydrogen-bond donors (Lipinski definition) is 1. The highest BCUT2D eigenvalue weighted by atomic mass is 15.4. The van der Waals surface area contributed by atoms with E-state index in [1.54, 1.807) is 0 Å². The van der Waals surface area contributed by atoms with Crippen molar-refractivity contribution in [3.8, 4) is 11.3 Å². The zero-order valence-corrected chi connectivity index (χ0v) is 15.3. The Morgan fingerprint density at radius 1 is 0.962 bits per heavy atom. The SMILES string of the molecule is CC(C)N1CN(c2ccccc2)c2nc(-c3ccccc3CN)ccc21. The van der Waals surface area contributed by atoms with Gasteiger partial charge in [0, 0.05) is 23.8 Å². The number of hydrogen-bond acceptors (Lipinski definition) is 4. The summed E-state index contributed by atoms with van der Waals surface area (Å²) in [4.78, 5) is 9.72. The van der Waals surface area contributed by atoms with E-state index in [2.05, 4.69) is 72.2 Å². The number of aromatic nitrogens is 1. The molecule has 4 heteroatoms. The molecule has 0 unspecified atom stereocenters. The van der Waals surface area contributed by atoms with Gasteiger partial charge in [0.05, 0.1) is 18.1 Å². The van der Waals surface area contributed by atoms with Crippen molar-refractivity contribution in [2.75, 3.05) is 16.5 Å². The van der Waals surface area contributed by atoms with Crippen LogP contribution in [0.5, 0.6) is 0 Å². The van der Waals surface area contributed by atoms with Crippen LogP contribution in [-0.2, 0) is 6.54 Å². The Hall–Kier alpha value is -2.85. The topological polar surface area (TPSA) is 45.4 Å². The Kier molecular flexibility index (Phi) is 4.35. The number of para-hydroxylation sites is 1. The molecule has 3 aromatic rings. The normalized spacial score (nSPS) is 13.4. The summed E-state index contributed by atoms with van der Waals surface area (Å²) >= 11 is 0. The molecular weight excluding hydrogens is 320 g/mol. The van der Waals surface area contributed by atoms with Crippen LogP contribution in [0.3, 0.4) is 0 Å². The predicted octanol–water partition coefficient (Wildman–Crippen LogP) is 4.53. The van der Waals surface area contributed by atoms with E-state index in [-0.39, 0.29) is 0 Å². The smallest absolute Gasteiger partial charge is 0.158 e. The fourth-order valence-corrected chi connectivity index (χ4v) is 3.51. The van der Waals surface area contributed by atoms with Crippen molar-refractivity contribution in [2.24, 2.45) is 5.73 Å². The van der Waals surface area contributed by atoms with E-state index in [9.17, 15) is 0 Å². The Balaban J connectivity index is 1.84. The molecule has 0 saturated carbocycles. The summed E-state index contributed by atoms with van der Waals surface area (Å²) < 4.78 is 0. The van der Waals surface area contributed by atoms with Crippen molar-refractivity contribution in [3.05, 3.63) is 72.3 Å². The van der Waals surface area contributed by atoms with Crippen LogP contribution in [0.1, 0.15) is 19.4 Å². The molecule has 2 aromatic carbocycles. The highest BCUT2D eigenvalue weighted by molar-refractivity contribution is 5.82. The van der Waals surface area contributed by atoms with Crippen molar-refractivity contribution in [1.82, 2.24) is 4.98 Å². The summed E-state index contributed by atoms with van der Waals surface area (Å²) in [6.07, 6.45) is 0. The molecule has 0 fully saturated rings. The first kappa shape index (κ1) is 16.6.